The maximum absolute atomic E-state index is 12.5. The van der Waals surface area contributed by atoms with Gasteiger partial charge in [0.15, 0.2) is 5.78 Å². The number of ketones is 1. The van der Waals surface area contributed by atoms with Crippen LogP contribution in [0.3, 0.4) is 0 Å². The molecule has 3 heteroatoms. The minimum atomic E-state index is 0.0947. The molecule has 0 saturated heterocycles. The van der Waals surface area contributed by atoms with Crippen molar-refractivity contribution >= 4 is 27.8 Å². The third-order valence-corrected chi connectivity index (χ3v) is 4.30. The summed E-state index contributed by atoms with van der Waals surface area (Å²) in [6, 6.07) is 12.0. The van der Waals surface area contributed by atoms with Crippen LogP contribution >= 0.6 is 15.9 Å². The predicted molar refractivity (Wildman–Crippen MR) is 87.9 cm³/mol. The molecule has 0 radical (unpaired) electrons. The number of aryl methyl sites for hydroxylation is 1. The number of Topliss-reactive ketones (excluding diaryl/α,β-unsaturated/α-hetero) is 1. The Kier molecular flexibility index (Phi) is 3.68. The van der Waals surface area contributed by atoms with Crippen molar-refractivity contribution in [3.8, 4) is 5.75 Å². The van der Waals surface area contributed by atoms with Gasteiger partial charge in [-0.1, -0.05) is 29.8 Å². The Balaban J connectivity index is 2.00. The zero-order chi connectivity index (χ0) is 15.0. The predicted octanol–water partition coefficient (Wildman–Crippen LogP) is 4.59. The number of rotatable bonds is 2. The normalized spacial score (nSPS) is 15.4. The summed E-state index contributed by atoms with van der Waals surface area (Å²) in [7, 11) is 1.61. The molecule has 0 amide bonds. The van der Waals surface area contributed by atoms with Gasteiger partial charge in [-0.05, 0) is 52.2 Å². The molecule has 0 aliphatic heterocycles. The molecule has 2 aromatic carbocycles. The van der Waals surface area contributed by atoms with E-state index >= 15 is 0 Å². The summed E-state index contributed by atoms with van der Waals surface area (Å²) < 4.78 is 6.15. The number of halogens is 1. The Morgan fingerprint density at radius 1 is 1.24 bits per heavy atom. The van der Waals surface area contributed by atoms with Crippen molar-refractivity contribution < 1.29 is 9.53 Å². The van der Waals surface area contributed by atoms with Crippen LogP contribution in [-0.2, 0) is 6.42 Å². The molecule has 0 heterocycles. The van der Waals surface area contributed by atoms with Crippen LogP contribution in [0.4, 0.5) is 0 Å². The molecule has 21 heavy (non-hydrogen) atoms. The van der Waals surface area contributed by atoms with Gasteiger partial charge in [0.05, 0.1) is 11.6 Å². The molecular formula is C18H15BrO2. The topological polar surface area (TPSA) is 26.3 Å². The Hall–Kier alpha value is -1.87. The van der Waals surface area contributed by atoms with E-state index in [1.807, 2.05) is 30.3 Å². The number of carbonyl (C=O) groups excluding carboxylic acids is 1. The van der Waals surface area contributed by atoms with Crippen molar-refractivity contribution in [2.24, 2.45) is 0 Å². The van der Waals surface area contributed by atoms with Crippen molar-refractivity contribution in [3.05, 3.63) is 68.7 Å². The lowest BCUT2D eigenvalue weighted by Crippen LogP contribution is -1.96. The summed E-state index contributed by atoms with van der Waals surface area (Å²) in [4.78, 5) is 12.5. The molecule has 0 spiro atoms. The summed E-state index contributed by atoms with van der Waals surface area (Å²) >= 11 is 3.47. The Morgan fingerprint density at radius 2 is 2.05 bits per heavy atom. The second-order valence-corrected chi connectivity index (χ2v) is 6.09. The summed E-state index contributed by atoms with van der Waals surface area (Å²) in [5.74, 6) is 0.788. The monoisotopic (exact) mass is 342 g/mol. The number of hydrogen-bond donors (Lipinski definition) is 0. The zero-order valence-corrected chi connectivity index (χ0v) is 13.5. The molecule has 3 rings (SSSR count). The lowest BCUT2D eigenvalue weighted by atomic mass is 10.1. The van der Waals surface area contributed by atoms with Crippen LogP contribution in [0.15, 0.2) is 46.4 Å². The van der Waals surface area contributed by atoms with Gasteiger partial charge in [0, 0.05) is 17.6 Å². The molecule has 0 unspecified atom stereocenters. The number of fused-ring (bicyclic) bond motifs is 1. The molecule has 0 N–H and O–H groups in total. The van der Waals surface area contributed by atoms with Crippen molar-refractivity contribution in [3.63, 3.8) is 0 Å². The second kappa shape index (κ2) is 5.49. The van der Waals surface area contributed by atoms with Gasteiger partial charge in [-0.3, -0.25) is 4.79 Å². The maximum Gasteiger partial charge on any atom is 0.189 e. The summed E-state index contributed by atoms with van der Waals surface area (Å²) in [6.07, 6.45) is 2.65. The van der Waals surface area contributed by atoms with E-state index in [2.05, 4.69) is 35.0 Å². The van der Waals surface area contributed by atoms with E-state index in [9.17, 15) is 4.79 Å². The van der Waals surface area contributed by atoms with Crippen LogP contribution in [0.5, 0.6) is 5.75 Å². The van der Waals surface area contributed by atoms with Gasteiger partial charge in [0.1, 0.15) is 5.75 Å². The van der Waals surface area contributed by atoms with Gasteiger partial charge < -0.3 is 4.74 Å². The Bertz CT molecular complexity index is 760. The number of methoxy groups -OCH3 is 1. The van der Waals surface area contributed by atoms with Crippen LogP contribution in [0.1, 0.15) is 27.0 Å². The minimum Gasteiger partial charge on any atom is -0.496 e. The van der Waals surface area contributed by atoms with Crippen LogP contribution in [0.25, 0.3) is 6.08 Å². The highest BCUT2D eigenvalue weighted by Crippen LogP contribution is 2.35. The summed E-state index contributed by atoms with van der Waals surface area (Å²) in [5, 5.41) is 0. The Morgan fingerprint density at radius 3 is 2.76 bits per heavy atom. The maximum atomic E-state index is 12.5. The van der Waals surface area contributed by atoms with E-state index in [4.69, 9.17) is 4.74 Å². The third-order valence-electron chi connectivity index (χ3n) is 3.68. The van der Waals surface area contributed by atoms with E-state index in [0.717, 1.165) is 26.7 Å². The lowest BCUT2D eigenvalue weighted by molar-refractivity contribution is 0.104. The van der Waals surface area contributed by atoms with Gasteiger partial charge in [0.25, 0.3) is 0 Å². The molecule has 2 aromatic rings. The fraction of sp³-hybridized carbons (Fsp3) is 0.167. The number of benzene rings is 2. The van der Waals surface area contributed by atoms with Crippen LogP contribution in [0, 0.1) is 6.92 Å². The number of hydrogen-bond acceptors (Lipinski definition) is 2. The Labute approximate surface area is 132 Å². The fourth-order valence-electron chi connectivity index (χ4n) is 2.64. The molecule has 106 valence electrons. The van der Waals surface area contributed by atoms with Gasteiger partial charge in [-0.15, -0.1) is 0 Å². The minimum absolute atomic E-state index is 0.0947. The van der Waals surface area contributed by atoms with Gasteiger partial charge >= 0.3 is 0 Å². The van der Waals surface area contributed by atoms with Crippen molar-refractivity contribution in [1.29, 1.82) is 0 Å². The quantitative estimate of drug-likeness (QED) is 0.746. The van der Waals surface area contributed by atoms with E-state index in [0.29, 0.717) is 12.2 Å². The highest BCUT2D eigenvalue weighted by Gasteiger charge is 2.26. The van der Waals surface area contributed by atoms with Gasteiger partial charge in [-0.2, -0.15) is 0 Å². The number of carbonyl (C=O) groups is 1. The van der Waals surface area contributed by atoms with Crippen LogP contribution < -0.4 is 4.74 Å². The number of allylic oxidation sites excluding steroid dienone is 1. The summed E-state index contributed by atoms with van der Waals surface area (Å²) in [5.41, 5.74) is 4.88. The third kappa shape index (κ3) is 2.66. The standard InChI is InChI=1S/C18H15BrO2/c1-11-4-3-5-12(6-11)7-14-8-13-9-16(19)17(21-2)10-15(13)18(14)20/h3-7,9-10H,8H2,1-2H3/b14-7+. The smallest absolute Gasteiger partial charge is 0.189 e. The zero-order valence-electron chi connectivity index (χ0n) is 11.9. The first-order chi connectivity index (χ1) is 10.1. The van der Waals surface area contributed by atoms with Crippen molar-refractivity contribution in [1.82, 2.24) is 0 Å². The number of ether oxygens (including phenoxy) is 1. The van der Waals surface area contributed by atoms with E-state index < -0.39 is 0 Å². The van der Waals surface area contributed by atoms with Crippen LogP contribution in [-0.4, -0.2) is 12.9 Å². The average molecular weight is 343 g/mol. The van der Waals surface area contributed by atoms with Crippen molar-refractivity contribution in [2.75, 3.05) is 7.11 Å². The van der Waals surface area contributed by atoms with Gasteiger partial charge in [-0.25, -0.2) is 0 Å². The van der Waals surface area contributed by atoms with E-state index in [-0.39, 0.29) is 5.78 Å². The van der Waals surface area contributed by atoms with E-state index in [1.54, 1.807) is 7.11 Å². The molecule has 2 nitrogen and oxygen atoms in total. The fourth-order valence-corrected chi connectivity index (χ4v) is 3.20. The molecule has 0 aromatic heterocycles. The molecule has 0 bridgehead atoms. The molecule has 1 aliphatic rings. The summed E-state index contributed by atoms with van der Waals surface area (Å²) in [6.45, 7) is 2.05. The SMILES string of the molecule is COc1cc2c(cc1Br)C/C(=C\c1cccc(C)c1)C2=O. The average Bonchev–Trinajstić information content (AvgIpc) is 2.74. The largest absolute Gasteiger partial charge is 0.496 e. The lowest BCUT2D eigenvalue weighted by Gasteiger charge is -2.05. The van der Waals surface area contributed by atoms with Crippen molar-refractivity contribution in [2.45, 2.75) is 13.3 Å². The van der Waals surface area contributed by atoms with Gasteiger partial charge in [0.2, 0.25) is 0 Å². The van der Waals surface area contributed by atoms with Crippen LogP contribution in [0.2, 0.25) is 0 Å². The second-order valence-electron chi connectivity index (χ2n) is 5.23. The molecular weight excluding hydrogens is 328 g/mol. The molecule has 0 saturated carbocycles. The first-order valence-electron chi connectivity index (χ1n) is 6.77. The molecule has 0 fully saturated rings. The first kappa shape index (κ1) is 14.1. The first-order valence-corrected chi connectivity index (χ1v) is 7.56. The molecule has 0 atom stereocenters. The highest BCUT2D eigenvalue weighted by atomic mass is 79.9. The van der Waals surface area contributed by atoms with E-state index in [1.165, 1.54) is 5.56 Å². The highest BCUT2D eigenvalue weighted by molar-refractivity contribution is 9.10. The molecule has 1 aliphatic carbocycles.